The van der Waals surface area contributed by atoms with Crippen molar-refractivity contribution in [3.63, 3.8) is 0 Å². The van der Waals surface area contributed by atoms with Gasteiger partial charge in [-0.1, -0.05) is 12.1 Å². The fourth-order valence-electron chi connectivity index (χ4n) is 3.89. The fourth-order valence-corrected chi connectivity index (χ4v) is 3.89. The van der Waals surface area contributed by atoms with Crippen molar-refractivity contribution >= 4 is 16.9 Å². The number of carbonyl (C=O) groups excluding carboxylic acids is 1. The summed E-state index contributed by atoms with van der Waals surface area (Å²) in [7, 11) is 4.10. The molecule has 0 spiro atoms. The maximum atomic E-state index is 12.8. The number of aryl methyl sites for hydroxylation is 1. The van der Waals surface area contributed by atoms with Crippen LogP contribution in [0.5, 0.6) is 0 Å². The van der Waals surface area contributed by atoms with Crippen molar-refractivity contribution < 1.29 is 9.32 Å². The number of pyridine rings is 1. The molecule has 1 amide bonds. The van der Waals surface area contributed by atoms with Crippen LogP contribution in [0.25, 0.3) is 11.0 Å². The predicted molar refractivity (Wildman–Crippen MR) is 110 cm³/mol. The van der Waals surface area contributed by atoms with Crippen LogP contribution in [0.1, 0.15) is 47.6 Å². The lowest BCUT2D eigenvalue weighted by molar-refractivity contribution is 0.0780. The molecule has 0 radical (unpaired) electrons. The van der Waals surface area contributed by atoms with Gasteiger partial charge in [-0.15, -0.1) is 0 Å². The van der Waals surface area contributed by atoms with Crippen molar-refractivity contribution in [1.29, 1.82) is 0 Å². The van der Waals surface area contributed by atoms with Gasteiger partial charge < -0.3 is 14.3 Å². The van der Waals surface area contributed by atoms with Crippen molar-refractivity contribution in [2.45, 2.75) is 38.6 Å². The zero-order chi connectivity index (χ0) is 20.4. The van der Waals surface area contributed by atoms with Crippen LogP contribution in [-0.4, -0.2) is 69.4 Å². The van der Waals surface area contributed by atoms with E-state index in [0.717, 1.165) is 54.8 Å². The minimum atomic E-state index is -0.0620. The minimum Gasteiger partial charge on any atom is -0.361 e. The quantitative estimate of drug-likeness (QED) is 0.611. The molecule has 1 saturated heterocycles. The second kappa shape index (κ2) is 8.32. The molecular weight excluding hydrogens is 368 g/mol. The van der Waals surface area contributed by atoms with E-state index in [4.69, 9.17) is 9.62 Å². The molecule has 3 aromatic heterocycles. The van der Waals surface area contributed by atoms with Crippen LogP contribution in [0.3, 0.4) is 0 Å². The maximum absolute atomic E-state index is 12.8. The average molecular weight is 396 g/mol. The number of carbonyl (C=O) groups is 1. The largest absolute Gasteiger partial charge is 0.361 e. The Morgan fingerprint density at radius 2 is 2.24 bits per heavy atom. The van der Waals surface area contributed by atoms with Gasteiger partial charge in [0.05, 0.1) is 12.2 Å². The van der Waals surface area contributed by atoms with Gasteiger partial charge in [-0.05, 0) is 39.1 Å². The van der Waals surface area contributed by atoms with E-state index >= 15 is 0 Å². The molecule has 0 aromatic carbocycles. The first-order valence-corrected chi connectivity index (χ1v) is 10.3. The smallest absolute Gasteiger partial charge is 0.276 e. The predicted octanol–water partition coefficient (Wildman–Crippen LogP) is 2.56. The molecule has 0 saturated carbocycles. The Morgan fingerprint density at radius 1 is 1.38 bits per heavy atom. The highest BCUT2D eigenvalue weighted by Crippen LogP contribution is 2.32. The number of fused-ring (bicyclic) bond motifs is 1. The SMILES string of the molecule is CCCc1cc(C(=O)N2CC[C@H](c3nn(CCN(C)C)c4ncccc34)C2)no1. The number of likely N-dealkylation sites (tertiary alicyclic amines) is 1. The fraction of sp³-hybridized carbons (Fsp3) is 0.524. The van der Waals surface area contributed by atoms with Crippen LogP contribution < -0.4 is 0 Å². The molecule has 0 unspecified atom stereocenters. The van der Waals surface area contributed by atoms with Gasteiger partial charge in [-0.25, -0.2) is 9.67 Å². The Labute approximate surface area is 170 Å². The zero-order valence-electron chi connectivity index (χ0n) is 17.3. The Balaban J connectivity index is 1.52. The number of hydrogen-bond acceptors (Lipinski definition) is 6. The summed E-state index contributed by atoms with van der Waals surface area (Å²) in [6.45, 7) is 5.10. The summed E-state index contributed by atoms with van der Waals surface area (Å²) in [6.07, 6.45) is 4.46. The summed E-state index contributed by atoms with van der Waals surface area (Å²) < 4.78 is 7.27. The molecule has 3 aromatic rings. The Bertz CT molecular complexity index is 992. The van der Waals surface area contributed by atoms with E-state index in [1.54, 1.807) is 6.07 Å². The van der Waals surface area contributed by atoms with Crippen LogP contribution in [0.2, 0.25) is 0 Å². The van der Waals surface area contributed by atoms with Gasteiger partial charge >= 0.3 is 0 Å². The molecule has 4 heterocycles. The highest BCUT2D eigenvalue weighted by molar-refractivity contribution is 5.92. The molecule has 8 heteroatoms. The van der Waals surface area contributed by atoms with Gasteiger partial charge in [0, 0.05) is 49.6 Å². The van der Waals surface area contributed by atoms with E-state index in [0.29, 0.717) is 18.8 Å². The first-order chi connectivity index (χ1) is 14.1. The third-order valence-electron chi connectivity index (χ3n) is 5.43. The molecule has 1 aliphatic heterocycles. The van der Waals surface area contributed by atoms with Crippen molar-refractivity contribution in [2.24, 2.45) is 0 Å². The Morgan fingerprint density at radius 3 is 3.03 bits per heavy atom. The standard InChI is InChI=1S/C21H28N6O2/c1-4-6-16-13-18(24-29-16)21(28)26-10-8-15(14-26)19-17-7-5-9-22-20(17)27(23-19)12-11-25(2)3/h5,7,9,13,15H,4,6,8,10-12,14H2,1-3H3/t15-/m0/s1. The van der Waals surface area contributed by atoms with E-state index in [-0.39, 0.29) is 11.8 Å². The van der Waals surface area contributed by atoms with Gasteiger partial charge in [-0.3, -0.25) is 4.79 Å². The topological polar surface area (TPSA) is 80.3 Å². The molecule has 8 nitrogen and oxygen atoms in total. The molecule has 1 aliphatic rings. The molecule has 0 N–H and O–H groups in total. The maximum Gasteiger partial charge on any atom is 0.276 e. The third-order valence-corrected chi connectivity index (χ3v) is 5.43. The molecule has 1 atom stereocenters. The van der Waals surface area contributed by atoms with Gasteiger partial charge in [0.15, 0.2) is 11.3 Å². The molecule has 4 rings (SSSR count). The molecule has 29 heavy (non-hydrogen) atoms. The zero-order valence-corrected chi connectivity index (χ0v) is 17.3. The first-order valence-electron chi connectivity index (χ1n) is 10.3. The number of hydrogen-bond donors (Lipinski definition) is 0. The molecule has 0 aliphatic carbocycles. The first kappa shape index (κ1) is 19.6. The minimum absolute atomic E-state index is 0.0620. The highest BCUT2D eigenvalue weighted by atomic mass is 16.5. The molecule has 1 fully saturated rings. The summed E-state index contributed by atoms with van der Waals surface area (Å²) in [6, 6.07) is 5.80. The van der Waals surface area contributed by atoms with E-state index in [1.165, 1.54) is 0 Å². The summed E-state index contributed by atoms with van der Waals surface area (Å²) in [4.78, 5) is 21.4. The van der Waals surface area contributed by atoms with Gasteiger partial charge in [0.25, 0.3) is 5.91 Å². The Hall–Kier alpha value is -2.74. The number of nitrogens with zero attached hydrogens (tertiary/aromatic N) is 6. The van der Waals surface area contributed by atoms with E-state index < -0.39 is 0 Å². The molecule has 0 bridgehead atoms. The van der Waals surface area contributed by atoms with Crippen LogP contribution in [0.4, 0.5) is 0 Å². The molecular formula is C21H28N6O2. The summed E-state index contributed by atoms with van der Waals surface area (Å²) >= 11 is 0. The number of rotatable bonds is 7. The Kier molecular flexibility index (Phi) is 5.62. The van der Waals surface area contributed by atoms with Crippen LogP contribution in [0, 0.1) is 0 Å². The average Bonchev–Trinajstić information content (AvgIpc) is 3.44. The lowest BCUT2D eigenvalue weighted by atomic mass is 10.0. The third kappa shape index (κ3) is 4.03. The van der Waals surface area contributed by atoms with Gasteiger partial charge in [-0.2, -0.15) is 5.10 Å². The normalized spacial score (nSPS) is 17.0. The number of likely N-dealkylation sites (N-methyl/N-ethyl adjacent to an activating group) is 1. The van der Waals surface area contributed by atoms with E-state index in [1.807, 2.05) is 21.8 Å². The second-order valence-corrected chi connectivity index (χ2v) is 7.95. The second-order valence-electron chi connectivity index (χ2n) is 7.95. The lowest BCUT2D eigenvalue weighted by Gasteiger charge is -2.14. The van der Waals surface area contributed by atoms with Crippen molar-refractivity contribution in [1.82, 2.24) is 29.7 Å². The van der Waals surface area contributed by atoms with E-state index in [2.05, 4.69) is 42.1 Å². The monoisotopic (exact) mass is 396 g/mol. The van der Waals surface area contributed by atoms with E-state index in [9.17, 15) is 4.79 Å². The number of amides is 1. The van der Waals surface area contributed by atoms with Gasteiger partial charge in [0.1, 0.15) is 5.76 Å². The summed E-state index contributed by atoms with van der Waals surface area (Å²) in [5.41, 5.74) is 2.35. The number of aromatic nitrogens is 4. The van der Waals surface area contributed by atoms with Crippen molar-refractivity contribution in [2.75, 3.05) is 33.7 Å². The summed E-state index contributed by atoms with van der Waals surface area (Å²) in [5.74, 6) is 0.907. The van der Waals surface area contributed by atoms with Crippen molar-refractivity contribution in [3.05, 3.63) is 41.5 Å². The van der Waals surface area contributed by atoms with Crippen LogP contribution >= 0.6 is 0 Å². The summed E-state index contributed by atoms with van der Waals surface area (Å²) in [5, 5.41) is 9.95. The molecule has 154 valence electrons. The highest BCUT2D eigenvalue weighted by Gasteiger charge is 2.32. The van der Waals surface area contributed by atoms with Crippen LogP contribution in [-0.2, 0) is 13.0 Å². The van der Waals surface area contributed by atoms with Crippen molar-refractivity contribution in [3.8, 4) is 0 Å². The van der Waals surface area contributed by atoms with Gasteiger partial charge in [0.2, 0.25) is 0 Å². The lowest BCUT2D eigenvalue weighted by Crippen LogP contribution is -2.28. The van der Waals surface area contributed by atoms with Crippen LogP contribution in [0.15, 0.2) is 28.9 Å².